The standard InChI is InChI=1S/C20H13ClN2O4/c21-18-11-13(4-6-22-18)19(24)15-8-14-5-7-27-20(14)17(10-15)12-2-1-3-16(9-12)23(25)26/h1-11,19,24H. The van der Waals surface area contributed by atoms with Crippen molar-refractivity contribution in [3.63, 3.8) is 0 Å². The Labute approximate surface area is 158 Å². The first kappa shape index (κ1) is 17.2. The summed E-state index contributed by atoms with van der Waals surface area (Å²) in [6, 6.07) is 14.9. The van der Waals surface area contributed by atoms with Crippen molar-refractivity contribution in [2.45, 2.75) is 6.10 Å². The molecule has 6 nitrogen and oxygen atoms in total. The fourth-order valence-electron chi connectivity index (χ4n) is 3.04. The Morgan fingerprint density at radius 3 is 2.74 bits per heavy atom. The number of furan rings is 1. The van der Waals surface area contributed by atoms with Crippen LogP contribution in [0.3, 0.4) is 0 Å². The number of nitro benzene ring substituents is 1. The summed E-state index contributed by atoms with van der Waals surface area (Å²) in [6.07, 6.45) is 2.14. The number of nitro groups is 1. The summed E-state index contributed by atoms with van der Waals surface area (Å²) in [6.45, 7) is 0. The van der Waals surface area contributed by atoms with Gasteiger partial charge in [0.05, 0.1) is 11.2 Å². The van der Waals surface area contributed by atoms with E-state index in [4.69, 9.17) is 16.0 Å². The molecule has 134 valence electrons. The van der Waals surface area contributed by atoms with Crippen LogP contribution in [0.15, 0.2) is 71.5 Å². The molecule has 1 N–H and O–H groups in total. The number of aliphatic hydroxyl groups excluding tert-OH is 1. The largest absolute Gasteiger partial charge is 0.464 e. The zero-order valence-electron chi connectivity index (χ0n) is 13.9. The molecule has 27 heavy (non-hydrogen) atoms. The fraction of sp³-hybridized carbons (Fsp3) is 0.0500. The highest BCUT2D eigenvalue weighted by atomic mass is 35.5. The molecule has 0 radical (unpaired) electrons. The molecular weight excluding hydrogens is 368 g/mol. The maximum atomic E-state index is 11.1. The van der Waals surface area contributed by atoms with Crippen LogP contribution in [0.1, 0.15) is 17.2 Å². The monoisotopic (exact) mass is 380 g/mol. The number of nitrogens with zero attached hydrogens (tertiary/aromatic N) is 2. The van der Waals surface area contributed by atoms with Gasteiger partial charge in [0.25, 0.3) is 5.69 Å². The molecule has 0 amide bonds. The fourth-order valence-corrected chi connectivity index (χ4v) is 3.23. The van der Waals surface area contributed by atoms with Crippen LogP contribution >= 0.6 is 11.6 Å². The van der Waals surface area contributed by atoms with E-state index in [9.17, 15) is 15.2 Å². The number of aliphatic hydroxyl groups is 1. The molecule has 0 bridgehead atoms. The van der Waals surface area contributed by atoms with Crippen molar-refractivity contribution in [1.29, 1.82) is 0 Å². The third kappa shape index (κ3) is 3.28. The maximum Gasteiger partial charge on any atom is 0.270 e. The Hall–Kier alpha value is -3.22. The van der Waals surface area contributed by atoms with Gasteiger partial charge in [0.15, 0.2) is 0 Å². The van der Waals surface area contributed by atoms with Crippen molar-refractivity contribution in [3.8, 4) is 11.1 Å². The van der Waals surface area contributed by atoms with Crippen molar-refractivity contribution < 1.29 is 14.4 Å². The SMILES string of the molecule is O=[N+]([O-])c1cccc(-c2cc(C(O)c3ccnc(Cl)c3)cc3ccoc23)c1. The number of fused-ring (bicyclic) bond motifs is 1. The van der Waals surface area contributed by atoms with E-state index in [1.807, 2.05) is 6.07 Å². The van der Waals surface area contributed by atoms with Gasteiger partial charge in [-0.05, 0) is 47.0 Å². The van der Waals surface area contributed by atoms with Gasteiger partial charge in [0.2, 0.25) is 0 Å². The smallest absolute Gasteiger partial charge is 0.270 e. The summed E-state index contributed by atoms with van der Waals surface area (Å²) in [4.78, 5) is 14.6. The van der Waals surface area contributed by atoms with Crippen LogP contribution in [0.2, 0.25) is 5.15 Å². The molecule has 0 spiro atoms. The third-order valence-corrected chi connectivity index (χ3v) is 4.53. The van der Waals surface area contributed by atoms with Crippen molar-refractivity contribution in [2.24, 2.45) is 0 Å². The van der Waals surface area contributed by atoms with Gasteiger partial charge in [-0.25, -0.2) is 4.98 Å². The zero-order chi connectivity index (χ0) is 19.0. The molecule has 2 aromatic heterocycles. The van der Waals surface area contributed by atoms with E-state index in [-0.39, 0.29) is 10.8 Å². The summed E-state index contributed by atoms with van der Waals surface area (Å²) in [5, 5.41) is 23.0. The first-order chi connectivity index (χ1) is 13.0. The average molecular weight is 381 g/mol. The second-order valence-electron chi connectivity index (χ2n) is 6.03. The Morgan fingerprint density at radius 2 is 1.96 bits per heavy atom. The summed E-state index contributed by atoms with van der Waals surface area (Å²) in [5.74, 6) is 0. The van der Waals surface area contributed by atoms with Crippen molar-refractivity contribution in [3.05, 3.63) is 93.5 Å². The van der Waals surface area contributed by atoms with Gasteiger partial charge in [-0.1, -0.05) is 23.7 Å². The van der Waals surface area contributed by atoms with Gasteiger partial charge in [-0.3, -0.25) is 10.1 Å². The molecule has 0 saturated carbocycles. The van der Waals surface area contributed by atoms with E-state index in [2.05, 4.69) is 4.98 Å². The van der Waals surface area contributed by atoms with E-state index in [1.165, 1.54) is 18.3 Å². The second-order valence-corrected chi connectivity index (χ2v) is 6.42. The molecular formula is C20H13ClN2O4. The van der Waals surface area contributed by atoms with Crippen LogP contribution in [-0.4, -0.2) is 15.0 Å². The van der Waals surface area contributed by atoms with Gasteiger partial charge in [0.1, 0.15) is 16.8 Å². The van der Waals surface area contributed by atoms with Crippen LogP contribution < -0.4 is 0 Å². The Bertz CT molecular complexity index is 1160. The molecule has 0 aliphatic carbocycles. The van der Waals surface area contributed by atoms with E-state index in [0.29, 0.717) is 27.8 Å². The topological polar surface area (TPSA) is 89.4 Å². The van der Waals surface area contributed by atoms with Crippen LogP contribution in [0.25, 0.3) is 22.1 Å². The van der Waals surface area contributed by atoms with Crippen molar-refractivity contribution >= 4 is 28.3 Å². The number of hydrogen-bond donors (Lipinski definition) is 1. The third-order valence-electron chi connectivity index (χ3n) is 4.32. The number of rotatable bonds is 4. The van der Waals surface area contributed by atoms with Crippen LogP contribution in [0, 0.1) is 10.1 Å². The van der Waals surface area contributed by atoms with Gasteiger partial charge in [-0.15, -0.1) is 0 Å². The normalized spacial score (nSPS) is 12.2. The minimum Gasteiger partial charge on any atom is -0.464 e. The van der Waals surface area contributed by atoms with Crippen LogP contribution in [0.4, 0.5) is 5.69 Å². The summed E-state index contributed by atoms with van der Waals surface area (Å²) in [5.41, 5.74) is 3.09. The zero-order valence-corrected chi connectivity index (χ0v) is 14.6. The number of aromatic nitrogens is 1. The second kappa shape index (κ2) is 6.83. The molecule has 0 fully saturated rings. The van der Waals surface area contributed by atoms with Crippen LogP contribution in [-0.2, 0) is 0 Å². The lowest BCUT2D eigenvalue weighted by Gasteiger charge is -2.14. The van der Waals surface area contributed by atoms with Gasteiger partial charge >= 0.3 is 0 Å². The van der Waals surface area contributed by atoms with Gasteiger partial charge < -0.3 is 9.52 Å². The maximum absolute atomic E-state index is 11.1. The number of non-ortho nitro benzene ring substituents is 1. The molecule has 7 heteroatoms. The lowest BCUT2D eigenvalue weighted by molar-refractivity contribution is -0.384. The summed E-state index contributed by atoms with van der Waals surface area (Å²) in [7, 11) is 0. The molecule has 1 unspecified atom stereocenters. The van der Waals surface area contributed by atoms with E-state index >= 15 is 0 Å². The van der Waals surface area contributed by atoms with Gasteiger partial charge in [0, 0.05) is 29.3 Å². The van der Waals surface area contributed by atoms with Crippen molar-refractivity contribution in [2.75, 3.05) is 0 Å². The lowest BCUT2D eigenvalue weighted by atomic mass is 9.95. The molecule has 1 atom stereocenters. The summed E-state index contributed by atoms with van der Waals surface area (Å²) < 4.78 is 5.58. The molecule has 0 saturated heterocycles. The predicted molar refractivity (Wildman–Crippen MR) is 102 cm³/mol. The number of pyridine rings is 1. The number of halogens is 1. The predicted octanol–water partition coefficient (Wildman–Crippen LogP) is 5.14. The quantitative estimate of drug-likeness (QED) is 0.301. The number of hydrogen-bond acceptors (Lipinski definition) is 5. The average Bonchev–Trinajstić information content (AvgIpc) is 3.15. The highest BCUT2D eigenvalue weighted by Crippen LogP contribution is 2.35. The van der Waals surface area contributed by atoms with Crippen LogP contribution in [0.5, 0.6) is 0 Å². The molecule has 4 aromatic rings. The Balaban J connectivity index is 1.88. The van der Waals surface area contributed by atoms with E-state index in [0.717, 1.165) is 5.39 Å². The number of benzene rings is 2. The molecule has 4 rings (SSSR count). The lowest BCUT2D eigenvalue weighted by Crippen LogP contribution is -2.00. The summed E-state index contributed by atoms with van der Waals surface area (Å²) >= 11 is 5.93. The molecule has 0 aliphatic rings. The minimum absolute atomic E-state index is 0.0147. The van der Waals surface area contributed by atoms with Crippen molar-refractivity contribution in [1.82, 2.24) is 4.98 Å². The van der Waals surface area contributed by atoms with E-state index < -0.39 is 11.0 Å². The first-order valence-electron chi connectivity index (χ1n) is 8.08. The van der Waals surface area contributed by atoms with E-state index in [1.54, 1.807) is 42.7 Å². The molecule has 2 aromatic carbocycles. The highest BCUT2D eigenvalue weighted by Gasteiger charge is 2.17. The highest BCUT2D eigenvalue weighted by molar-refractivity contribution is 6.29. The molecule has 0 aliphatic heterocycles. The minimum atomic E-state index is -0.928. The Kier molecular flexibility index (Phi) is 4.35. The van der Waals surface area contributed by atoms with Gasteiger partial charge in [-0.2, -0.15) is 0 Å². The first-order valence-corrected chi connectivity index (χ1v) is 8.46. The molecule has 2 heterocycles. The Morgan fingerprint density at radius 1 is 1.11 bits per heavy atom.